The molecule has 0 aromatic heterocycles. The summed E-state index contributed by atoms with van der Waals surface area (Å²) < 4.78 is 26.8. The van der Waals surface area contributed by atoms with E-state index in [1.807, 2.05) is 0 Å². The Bertz CT molecular complexity index is 526. The summed E-state index contributed by atoms with van der Waals surface area (Å²) in [5.74, 6) is 0. The second-order valence-corrected chi connectivity index (χ2v) is 7.40. The van der Waals surface area contributed by atoms with Crippen LogP contribution >= 0.6 is 24.0 Å². The van der Waals surface area contributed by atoms with Gasteiger partial charge in [-0.2, -0.15) is 0 Å². The van der Waals surface area contributed by atoms with Gasteiger partial charge in [-0.25, -0.2) is 13.1 Å². The molecule has 0 saturated heterocycles. The van der Waals surface area contributed by atoms with E-state index in [9.17, 15) is 8.42 Å². The molecule has 4 nitrogen and oxygen atoms in total. The molecule has 0 heterocycles. The van der Waals surface area contributed by atoms with Crippen molar-refractivity contribution in [3.63, 3.8) is 0 Å². The van der Waals surface area contributed by atoms with E-state index in [1.165, 1.54) is 18.6 Å². The van der Waals surface area contributed by atoms with Gasteiger partial charge < -0.3 is 5.73 Å². The van der Waals surface area contributed by atoms with Crippen molar-refractivity contribution in [2.75, 3.05) is 6.54 Å². The van der Waals surface area contributed by atoms with Crippen LogP contribution in [0.3, 0.4) is 0 Å². The minimum atomic E-state index is -3.50. The van der Waals surface area contributed by atoms with Crippen LogP contribution < -0.4 is 10.5 Å². The zero-order valence-electron chi connectivity index (χ0n) is 11.1. The van der Waals surface area contributed by atoms with Crippen LogP contribution in [0.2, 0.25) is 5.02 Å². The van der Waals surface area contributed by atoms with Gasteiger partial charge in [0.1, 0.15) is 0 Å². The Balaban J connectivity index is 0.00000200. The van der Waals surface area contributed by atoms with E-state index in [4.69, 9.17) is 17.3 Å². The molecule has 0 unspecified atom stereocenters. The number of benzene rings is 1. The van der Waals surface area contributed by atoms with Gasteiger partial charge in [-0.3, -0.25) is 0 Å². The zero-order valence-corrected chi connectivity index (χ0v) is 13.5. The highest BCUT2D eigenvalue weighted by molar-refractivity contribution is 7.89. The second-order valence-electron chi connectivity index (χ2n) is 5.20. The molecule has 1 saturated carbocycles. The van der Waals surface area contributed by atoms with Gasteiger partial charge in [-0.15, -0.1) is 12.4 Å². The molecule has 2 rings (SSSR count). The molecular weight excluding hydrogens is 319 g/mol. The van der Waals surface area contributed by atoms with Gasteiger partial charge in [-0.05, 0) is 37.1 Å². The maximum atomic E-state index is 12.1. The van der Waals surface area contributed by atoms with Crippen molar-refractivity contribution in [3.05, 3.63) is 29.3 Å². The SMILES string of the molecule is Cl.NC1(CNS(=O)(=O)c2ccc(Cl)cc2)CCCCC1. The van der Waals surface area contributed by atoms with Crippen molar-refractivity contribution in [2.24, 2.45) is 5.73 Å². The summed E-state index contributed by atoms with van der Waals surface area (Å²) in [4.78, 5) is 0.219. The molecule has 20 heavy (non-hydrogen) atoms. The Morgan fingerprint density at radius 2 is 1.70 bits per heavy atom. The molecule has 0 amide bonds. The summed E-state index contributed by atoms with van der Waals surface area (Å²) in [7, 11) is -3.50. The molecule has 114 valence electrons. The van der Waals surface area contributed by atoms with Crippen molar-refractivity contribution in [1.29, 1.82) is 0 Å². The molecular formula is C13H20Cl2N2O2S. The summed E-state index contributed by atoms with van der Waals surface area (Å²) in [5.41, 5.74) is 5.82. The molecule has 1 fully saturated rings. The van der Waals surface area contributed by atoms with Crippen molar-refractivity contribution in [1.82, 2.24) is 4.72 Å². The van der Waals surface area contributed by atoms with Gasteiger partial charge in [0.25, 0.3) is 0 Å². The number of nitrogens with two attached hydrogens (primary N) is 1. The van der Waals surface area contributed by atoms with Crippen LogP contribution in [0.25, 0.3) is 0 Å². The van der Waals surface area contributed by atoms with Crippen LogP contribution in [-0.2, 0) is 10.0 Å². The lowest BCUT2D eigenvalue weighted by molar-refractivity contribution is 0.296. The van der Waals surface area contributed by atoms with E-state index in [1.54, 1.807) is 12.1 Å². The quantitative estimate of drug-likeness (QED) is 0.886. The van der Waals surface area contributed by atoms with E-state index in [0.717, 1.165) is 25.7 Å². The minimum absolute atomic E-state index is 0. The molecule has 0 bridgehead atoms. The topological polar surface area (TPSA) is 72.2 Å². The lowest BCUT2D eigenvalue weighted by atomic mass is 9.83. The van der Waals surface area contributed by atoms with Crippen molar-refractivity contribution >= 4 is 34.0 Å². The third-order valence-electron chi connectivity index (χ3n) is 3.59. The van der Waals surface area contributed by atoms with E-state index in [-0.39, 0.29) is 23.8 Å². The Kier molecular flexibility index (Phi) is 6.28. The maximum absolute atomic E-state index is 12.1. The first kappa shape index (κ1) is 17.7. The van der Waals surface area contributed by atoms with Crippen molar-refractivity contribution < 1.29 is 8.42 Å². The molecule has 1 aliphatic carbocycles. The van der Waals surface area contributed by atoms with Crippen LogP contribution in [0.1, 0.15) is 32.1 Å². The first-order valence-corrected chi connectivity index (χ1v) is 8.32. The summed E-state index contributed by atoms with van der Waals surface area (Å²) in [6, 6.07) is 6.12. The Morgan fingerprint density at radius 1 is 1.15 bits per heavy atom. The monoisotopic (exact) mass is 338 g/mol. The summed E-state index contributed by atoms with van der Waals surface area (Å²) in [5, 5.41) is 0.515. The average Bonchev–Trinajstić information content (AvgIpc) is 2.38. The predicted molar refractivity (Wildman–Crippen MR) is 83.9 cm³/mol. The van der Waals surface area contributed by atoms with Gasteiger partial charge in [0.05, 0.1) is 4.90 Å². The Morgan fingerprint density at radius 3 is 2.25 bits per heavy atom. The molecule has 0 spiro atoms. The van der Waals surface area contributed by atoms with E-state index < -0.39 is 15.6 Å². The maximum Gasteiger partial charge on any atom is 0.240 e. The van der Waals surface area contributed by atoms with Gasteiger partial charge in [0.2, 0.25) is 10.0 Å². The first-order chi connectivity index (χ1) is 8.91. The lowest BCUT2D eigenvalue weighted by Crippen LogP contribution is -2.51. The van der Waals surface area contributed by atoms with Crippen LogP contribution in [0.4, 0.5) is 0 Å². The average molecular weight is 339 g/mol. The van der Waals surface area contributed by atoms with Gasteiger partial charge >= 0.3 is 0 Å². The number of rotatable bonds is 4. The molecule has 0 atom stereocenters. The van der Waals surface area contributed by atoms with Crippen LogP contribution in [0, 0.1) is 0 Å². The Labute approximate surface area is 131 Å². The van der Waals surface area contributed by atoms with Gasteiger partial charge in [0.15, 0.2) is 0 Å². The number of halogens is 2. The third-order valence-corrected chi connectivity index (χ3v) is 5.26. The fraction of sp³-hybridized carbons (Fsp3) is 0.538. The first-order valence-electron chi connectivity index (χ1n) is 6.45. The number of hydrogen-bond donors (Lipinski definition) is 2. The third kappa shape index (κ3) is 4.60. The van der Waals surface area contributed by atoms with Gasteiger partial charge in [0, 0.05) is 17.1 Å². The minimum Gasteiger partial charge on any atom is -0.324 e. The normalized spacial score (nSPS) is 18.3. The van der Waals surface area contributed by atoms with Crippen molar-refractivity contribution in [2.45, 2.75) is 42.5 Å². The fourth-order valence-electron chi connectivity index (χ4n) is 2.37. The standard InChI is InChI=1S/C13H19ClN2O2S.ClH/c14-11-4-6-12(7-5-11)19(17,18)16-10-13(15)8-2-1-3-9-13;/h4-7,16H,1-3,8-10,15H2;1H. The van der Waals surface area contributed by atoms with Crippen molar-refractivity contribution in [3.8, 4) is 0 Å². The van der Waals surface area contributed by atoms with Crippen LogP contribution in [0.5, 0.6) is 0 Å². The molecule has 1 aromatic rings. The molecule has 0 radical (unpaired) electrons. The van der Waals surface area contributed by atoms with Gasteiger partial charge in [-0.1, -0.05) is 30.9 Å². The molecule has 0 aliphatic heterocycles. The zero-order chi connectivity index (χ0) is 13.9. The van der Waals surface area contributed by atoms with Crippen LogP contribution in [0.15, 0.2) is 29.2 Å². The van der Waals surface area contributed by atoms with E-state index >= 15 is 0 Å². The Hall–Kier alpha value is -0.330. The highest BCUT2D eigenvalue weighted by Crippen LogP contribution is 2.25. The predicted octanol–water partition coefficient (Wildman–Crippen LogP) is 2.70. The molecule has 3 N–H and O–H groups in total. The summed E-state index contributed by atoms with van der Waals surface area (Å²) in [6.07, 6.45) is 5.06. The summed E-state index contributed by atoms with van der Waals surface area (Å²) >= 11 is 5.75. The molecule has 1 aliphatic rings. The van der Waals surface area contributed by atoms with E-state index in [2.05, 4.69) is 4.72 Å². The number of sulfonamides is 1. The smallest absolute Gasteiger partial charge is 0.240 e. The molecule has 7 heteroatoms. The highest BCUT2D eigenvalue weighted by Gasteiger charge is 2.29. The largest absolute Gasteiger partial charge is 0.324 e. The number of hydrogen-bond acceptors (Lipinski definition) is 3. The van der Waals surface area contributed by atoms with Crippen LogP contribution in [-0.4, -0.2) is 20.5 Å². The summed E-state index contributed by atoms with van der Waals surface area (Å²) in [6.45, 7) is 0.290. The second kappa shape index (κ2) is 7.09. The van der Waals surface area contributed by atoms with E-state index in [0.29, 0.717) is 5.02 Å². The fourth-order valence-corrected chi connectivity index (χ4v) is 3.63. The molecule has 1 aromatic carbocycles. The lowest BCUT2D eigenvalue weighted by Gasteiger charge is -2.33. The number of nitrogens with one attached hydrogen (secondary N) is 1. The highest BCUT2D eigenvalue weighted by atomic mass is 35.5.